The van der Waals surface area contributed by atoms with Crippen LogP contribution in [0.1, 0.15) is 6.92 Å². The SMILES string of the molecule is COC1=C(C)C(=O)C2=C(C1=O)[C@H](COC(N)=O)[C@]1(O)[C@@H]3[C@H](CN21)N3C. The molecule has 3 aliphatic heterocycles. The normalized spacial score (nSPS) is 38.6. The molecule has 3 N–H and O–H groups in total. The summed E-state index contributed by atoms with van der Waals surface area (Å²) in [7, 11) is 3.18. The van der Waals surface area contributed by atoms with Crippen molar-refractivity contribution in [3.8, 4) is 0 Å². The van der Waals surface area contributed by atoms with E-state index >= 15 is 0 Å². The van der Waals surface area contributed by atoms with Gasteiger partial charge in [-0.2, -0.15) is 0 Å². The lowest BCUT2D eigenvalue weighted by Gasteiger charge is -2.37. The van der Waals surface area contributed by atoms with Crippen molar-refractivity contribution in [2.24, 2.45) is 11.7 Å². The number of nitrogens with two attached hydrogens (primary N) is 1. The van der Waals surface area contributed by atoms with Crippen molar-refractivity contribution < 1.29 is 29.0 Å². The maximum Gasteiger partial charge on any atom is 0.404 e. The average Bonchev–Trinajstić information content (AvgIpc) is 2.96. The average molecular weight is 349 g/mol. The summed E-state index contributed by atoms with van der Waals surface area (Å²) in [4.78, 5) is 40.4. The van der Waals surface area contributed by atoms with Crippen LogP contribution in [0, 0.1) is 5.92 Å². The number of hydrogen-bond acceptors (Lipinski definition) is 8. The highest BCUT2D eigenvalue weighted by atomic mass is 16.5. The van der Waals surface area contributed by atoms with Gasteiger partial charge in [0.2, 0.25) is 11.6 Å². The molecular formula is C16H19N3O6. The Morgan fingerprint density at radius 1 is 1.40 bits per heavy atom. The first-order valence-electron chi connectivity index (χ1n) is 7.97. The van der Waals surface area contributed by atoms with Gasteiger partial charge >= 0.3 is 6.09 Å². The standard InChI is InChI=1S/C16H19N3O6/c1-6-11(20)10-9(12(21)13(6)24-3)7(5-25-15(17)22)16(23)14-8(18(14)2)4-19(10)16/h7-8,14,23H,4-5H2,1-3H3,(H2,17,22)/t7-,8-,14-,16-,18?/m0/s1. The van der Waals surface area contributed by atoms with Gasteiger partial charge in [0, 0.05) is 23.7 Å². The molecule has 0 aromatic rings. The number of piperazine rings is 1. The van der Waals surface area contributed by atoms with Crippen LogP contribution in [-0.2, 0) is 19.1 Å². The van der Waals surface area contributed by atoms with Crippen LogP contribution in [0.4, 0.5) is 4.79 Å². The zero-order chi connectivity index (χ0) is 18.3. The van der Waals surface area contributed by atoms with E-state index in [-0.39, 0.29) is 47.1 Å². The molecule has 4 aliphatic rings. The van der Waals surface area contributed by atoms with Crippen LogP contribution in [0.3, 0.4) is 0 Å². The molecule has 25 heavy (non-hydrogen) atoms. The number of carbonyl (C=O) groups is 3. The summed E-state index contributed by atoms with van der Waals surface area (Å²) in [6.07, 6.45) is -1.00. The van der Waals surface area contributed by atoms with Crippen molar-refractivity contribution in [3.05, 3.63) is 22.6 Å². The lowest BCUT2D eigenvalue weighted by molar-refractivity contribution is -0.126. The van der Waals surface area contributed by atoms with E-state index in [4.69, 9.17) is 15.2 Å². The lowest BCUT2D eigenvalue weighted by Crippen LogP contribution is -2.53. The summed E-state index contributed by atoms with van der Waals surface area (Å²) in [5.41, 5.74) is 4.09. The molecule has 0 bridgehead atoms. The number of amides is 1. The molecule has 4 rings (SSSR count). The zero-order valence-electron chi connectivity index (χ0n) is 14.1. The summed E-state index contributed by atoms with van der Waals surface area (Å²) >= 11 is 0. The molecule has 9 nitrogen and oxygen atoms in total. The summed E-state index contributed by atoms with van der Waals surface area (Å²) < 4.78 is 10.0. The molecule has 9 heteroatoms. The van der Waals surface area contributed by atoms with E-state index in [0.29, 0.717) is 6.54 Å². The molecule has 2 fully saturated rings. The van der Waals surface area contributed by atoms with Gasteiger partial charge in [-0.3, -0.25) is 14.5 Å². The second-order valence-corrected chi connectivity index (χ2v) is 6.83. The Morgan fingerprint density at radius 3 is 2.68 bits per heavy atom. The Morgan fingerprint density at radius 2 is 2.08 bits per heavy atom. The number of fused-ring (bicyclic) bond motifs is 4. The maximum absolute atomic E-state index is 12.9. The first-order valence-corrected chi connectivity index (χ1v) is 7.97. The number of rotatable bonds is 3. The van der Waals surface area contributed by atoms with Gasteiger partial charge in [0.25, 0.3) is 0 Å². The van der Waals surface area contributed by atoms with Gasteiger partial charge < -0.3 is 25.2 Å². The topological polar surface area (TPSA) is 122 Å². The van der Waals surface area contributed by atoms with Gasteiger partial charge in [0.15, 0.2) is 11.5 Å². The minimum absolute atomic E-state index is 0.0432. The van der Waals surface area contributed by atoms with Crippen LogP contribution in [0.5, 0.6) is 0 Å². The van der Waals surface area contributed by atoms with Crippen LogP contribution < -0.4 is 5.73 Å². The summed E-state index contributed by atoms with van der Waals surface area (Å²) in [5.74, 6) is -1.73. The predicted molar refractivity (Wildman–Crippen MR) is 82.8 cm³/mol. The number of Topliss-reactive ketones (excluding diaryl/α,β-unsaturated/α-hetero) is 2. The summed E-state index contributed by atoms with van der Waals surface area (Å²) in [6.45, 7) is 1.67. The van der Waals surface area contributed by atoms with Crippen molar-refractivity contribution in [2.75, 3.05) is 27.3 Å². The van der Waals surface area contributed by atoms with Crippen molar-refractivity contribution in [3.63, 3.8) is 0 Å². The molecule has 5 atom stereocenters. The van der Waals surface area contributed by atoms with E-state index < -0.39 is 23.5 Å². The highest BCUT2D eigenvalue weighted by Crippen LogP contribution is 2.57. The molecule has 134 valence electrons. The smallest absolute Gasteiger partial charge is 0.404 e. The summed E-state index contributed by atoms with van der Waals surface area (Å²) in [5, 5.41) is 11.4. The van der Waals surface area contributed by atoms with E-state index in [1.807, 2.05) is 11.9 Å². The van der Waals surface area contributed by atoms with Crippen molar-refractivity contribution >= 4 is 17.7 Å². The Balaban J connectivity index is 1.82. The highest BCUT2D eigenvalue weighted by molar-refractivity contribution is 6.25. The number of ketones is 2. The van der Waals surface area contributed by atoms with E-state index in [2.05, 4.69) is 0 Å². The summed E-state index contributed by atoms with van der Waals surface area (Å²) in [6, 6.07) is -0.155. The Kier molecular flexibility index (Phi) is 3.11. The first kappa shape index (κ1) is 16.1. The fourth-order valence-electron chi connectivity index (χ4n) is 4.60. The van der Waals surface area contributed by atoms with E-state index in [1.54, 1.807) is 4.90 Å². The number of carbonyl (C=O) groups excluding carboxylic acids is 3. The molecule has 1 amide bonds. The monoisotopic (exact) mass is 349 g/mol. The van der Waals surface area contributed by atoms with Gasteiger partial charge in [-0.15, -0.1) is 0 Å². The predicted octanol–water partition coefficient (Wildman–Crippen LogP) is -1.28. The van der Waals surface area contributed by atoms with Gasteiger partial charge in [-0.05, 0) is 14.0 Å². The molecular weight excluding hydrogens is 330 g/mol. The Bertz CT molecular complexity index is 787. The van der Waals surface area contributed by atoms with Gasteiger partial charge in [-0.1, -0.05) is 0 Å². The number of hydrogen-bond donors (Lipinski definition) is 2. The Labute approximate surface area is 143 Å². The van der Waals surface area contributed by atoms with Crippen LogP contribution in [0.25, 0.3) is 0 Å². The minimum atomic E-state index is -1.49. The molecule has 1 aliphatic carbocycles. The molecule has 3 heterocycles. The third-order valence-corrected chi connectivity index (χ3v) is 5.80. The molecule has 0 saturated carbocycles. The van der Waals surface area contributed by atoms with Gasteiger partial charge in [0.1, 0.15) is 6.61 Å². The first-order chi connectivity index (χ1) is 11.7. The number of methoxy groups -OCH3 is 1. The number of allylic oxidation sites excluding steroid dienone is 2. The number of aliphatic hydroxyl groups is 1. The van der Waals surface area contributed by atoms with Gasteiger partial charge in [0.05, 0.1) is 24.8 Å². The van der Waals surface area contributed by atoms with Crippen molar-refractivity contribution in [1.29, 1.82) is 0 Å². The van der Waals surface area contributed by atoms with Crippen molar-refractivity contribution in [2.45, 2.75) is 24.7 Å². The second-order valence-electron chi connectivity index (χ2n) is 6.83. The molecule has 0 aromatic carbocycles. The molecule has 1 unspecified atom stereocenters. The van der Waals surface area contributed by atoms with Crippen LogP contribution >= 0.6 is 0 Å². The third kappa shape index (κ3) is 1.77. The fraction of sp³-hybridized carbons (Fsp3) is 0.562. The van der Waals surface area contributed by atoms with Crippen LogP contribution in [0.15, 0.2) is 22.6 Å². The lowest BCUT2D eigenvalue weighted by atomic mass is 9.83. The third-order valence-electron chi connectivity index (χ3n) is 5.80. The van der Waals surface area contributed by atoms with Crippen LogP contribution in [0.2, 0.25) is 0 Å². The zero-order valence-corrected chi connectivity index (χ0v) is 14.1. The second kappa shape index (κ2) is 4.83. The minimum Gasteiger partial charge on any atom is -0.492 e. The molecule has 0 spiro atoms. The quantitative estimate of drug-likeness (QED) is 0.477. The van der Waals surface area contributed by atoms with Crippen LogP contribution in [-0.4, -0.2) is 77.7 Å². The fourth-order valence-corrected chi connectivity index (χ4v) is 4.60. The largest absolute Gasteiger partial charge is 0.492 e. The number of ether oxygens (including phenoxy) is 2. The number of primary amides is 1. The number of nitrogens with zero attached hydrogens (tertiary/aromatic N) is 2. The van der Waals surface area contributed by atoms with Crippen molar-refractivity contribution in [1.82, 2.24) is 9.80 Å². The van der Waals surface area contributed by atoms with E-state index in [0.717, 1.165) is 0 Å². The highest BCUT2D eigenvalue weighted by Gasteiger charge is 2.74. The number of likely N-dealkylation sites (N-methyl/N-ethyl adjacent to an activating group) is 1. The van der Waals surface area contributed by atoms with Gasteiger partial charge in [-0.25, -0.2) is 4.79 Å². The molecule has 0 radical (unpaired) electrons. The molecule has 2 saturated heterocycles. The van der Waals surface area contributed by atoms with E-state index in [9.17, 15) is 19.5 Å². The Hall–Kier alpha value is -2.39. The van der Waals surface area contributed by atoms with E-state index in [1.165, 1.54) is 14.0 Å². The maximum atomic E-state index is 12.9. The molecule has 0 aromatic heterocycles.